The van der Waals surface area contributed by atoms with Crippen LogP contribution in [0.2, 0.25) is 0 Å². The molecule has 18 heavy (non-hydrogen) atoms. The molecular weight excluding hydrogens is 264 g/mol. The van der Waals surface area contributed by atoms with Gasteiger partial charge in [0.15, 0.2) is 0 Å². The molecule has 1 aromatic rings. The van der Waals surface area contributed by atoms with Crippen LogP contribution < -0.4 is 9.47 Å². The predicted octanol–water partition coefficient (Wildman–Crippen LogP) is 4.52. The lowest BCUT2D eigenvalue weighted by molar-refractivity contribution is 0.391. The standard InChI is InChI=1S/C12H16O2S2.C2H6/c1-8-10(12-15-4-5-16-12)6-9(13-2)7-11(8)14-3;1-2/h6-7,12H,4-5H2,1-3H3;1-2H3. The molecule has 102 valence electrons. The van der Waals surface area contributed by atoms with Crippen molar-refractivity contribution in [1.82, 2.24) is 0 Å². The van der Waals surface area contributed by atoms with Crippen molar-refractivity contribution in [3.05, 3.63) is 23.3 Å². The zero-order valence-electron chi connectivity index (χ0n) is 11.8. The molecule has 0 amide bonds. The zero-order chi connectivity index (χ0) is 13.5. The van der Waals surface area contributed by atoms with Gasteiger partial charge in [0.2, 0.25) is 0 Å². The Morgan fingerprint density at radius 2 is 1.67 bits per heavy atom. The Bertz CT molecular complexity index is 374. The summed E-state index contributed by atoms with van der Waals surface area (Å²) in [7, 11) is 3.41. The highest BCUT2D eigenvalue weighted by Crippen LogP contribution is 2.48. The summed E-state index contributed by atoms with van der Waals surface area (Å²) >= 11 is 4.00. The van der Waals surface area contributed by atoms with Crippen LogP contribution in [0.5, 0.6) is 11.5 Å². The van der Waals surface area contributed by atoms with Gasteiger partial charge in [0, 0.05) is 17.6 Å². The highest BCUT2D eigenvalue weighted by Gasteiger charge is 2.22. The molecule has 1 aromatic carbocycles. The zero-order valence-corrected chi connectivity index (χ0v) is 13.4. The fourth-order valence-corrected chi connectivity index (χ4v) is 4.80. The van der Waals surface area contributed by atoms with Gasteiger partial charge in [-0.15, -0.1) is 23.5 Å². The number of hydrogen-bond acceptors (Lipinski definition) is 4. The molecule has 1 aliphatic rings. The van der Waals surface area contributed by atoms with Gasteiger partial charge in [-0.05, 0) is 24.1 Å². The molecule has 0 aromatic heterocycles. The summed E-state index contributed by atoms with van der Waals surface area (Å²) in [5.41, 5.74) is 2.57. The normalized spacial score (nSPS) is 14.9. The van der Waals surface area contributed by atoms with Crippen LogP contribution in [0.25, 0.3) is 0 Å². The summed E-state index contributed by atoms with van der Waals surface area (Å²) in [5, 5.41) is 0. The smallest absolute Gasteiger partial charge is 0.125 e. The minimum atomic E-state index is 0.531. The Balaban J connectivity index is 0.000000771. The molecule has 4 heteroatoms. The average Bonchev–Trinajstić information content (AvgIpc) is 2.95. The van der Waals surface area contributed by atoms with E-state index < -0.39 is 0 Å². The topological polar surface area (TPSA) is 18.5 Å². The quantitative estimate of drug-likeness (QED) is 0.813. The molecule has 0 spiro atoms. The van der Waals surface area contributed by atoms with Crippen molar-refractivity contribution in [2.45, 2.75) is 25.4 Å². The van der Waals surface area contributed by atoms with Gasteiger partial charge >= 0.3 is 0 Å². The van der Waals surface area contributed by atoms with Crippen molar-refractivity contribution >= 4 is 23.5 Å². The number of ether oxygens (including phenoxy) is 2. The summed E-state index contributed by atoms with van der Waals surface area (Å²) in [6.45, 7) is 6.12. The first-order valence-corrected chi connectivity index (χ1v) is 8.31. The summed E-state index contributed by atoms with van der Waals surface area (Å²) in [6.07, 6.45) is 0. The first-order valence-electron chi connectivity index (χ1n) is 6.22. The van der Waals surface area contributed by atoms with Gasteiger partial charge in [-0.1, -0.05) is 13.8 Å². The summed E-state index contributed by atoms with van der Waals surface area (Å²) in [5.74, 6) is 4.26. The van der Waals surface area contributed by atoms with Crippen molar-refractivity contribution in [2.75, 3.05) is 25.7 Å². The van der Waals surface area contributed by atoms with E-state index in [9.17, 15) is 0 Å². The van der Waals surface area contributed by atoms with Gasteiger partial charge < -0.3 is 9.47 Å². The molecule has 0 N–H and O–H groups in total. The molecule has 1 fully saturated rings. The van der Waals surface area contributed by atoms with E-state index in [1.807, 2.05) is 43.4 Å². The minimum absolute atomic E-state index is 0.531. The van der Waals surface area contributed by atoms with Crippen molar-refractivity contribution in [3.63, 3.8) is 0 Å². The van der Waals surface area contributed by atoms with Crippen LogP contribution in [-0.4, -0.2) is 25.7 Å². The number of thioether (sulfide) groups is 2. The first-order chi connectivity index (χ1) is 8.76. The molecular formula is C14H22O2S2. The van der Waals surface area contributed by atoms with E-state index in [4.69, 9.17) is 9.47 Å². The molecule has 1 saturated heterocycles. The molecule has 0 saturated carbocycles. The number of rotatable bonds is 3. The molecule has 2 nitrogen and oxygen atoms in total. The summed E-state index contributed by atoms with van der Waals surface area (Å²) in [4.78, 5) is 0. The number of benzene rings is 1. The van der Waals surface area contributed by atoms with Gasteiger partial charge in [-0.2, -0.15) is 0 Å². The fraction of sp³-hybridized carbons (Fsp3) is 0.571. The van der Waals surface area contributed by atoms with E-state index in [1.54, 1.807) is 14.2 Å². The van der Waals surface area contributed by atoms with Crippen LogP contribution >= 0.6 is 23.5 Å². The highest BCUT2D eigenvalue weighted by molar-refractivity contribution is 8.19. The Labute approximate surface area is 119 Å². The van der Waals surface area contributed by atoms with Gasteiger partial charge in [0.1, 0.15) is 11.5 Å². The second kappa shape index (κ2) is 7.85. The van der Waals surface area contributed by atoms with E-state index >= 15 is 0 Å². The maximum absolute atomic E-state index is 5.39. The van der Waals surface area contributed by atoms with E-state index in [2.05, 4.69) is 13.0 Å². The van der Waals surface area contributed by atoms with Crippen LogP contribution in [0.4, 0.5) is 0 Å². The highest BCUT2D eigenvalue weighted by atomic mass is 32.2. The summed E-state index contributed by atoms with van der Waals surface area (Å²) < 4.78 is 11.2. The molecule has 0 aliphatic carbocycles. The molecule has 1 heterocycles. The van der Waals surface area contributed by atoms with E-state index in [-0.39, 0.29) is 0 Å². The van der Waals surface area contributed by atoms with E-state index in [0.717, 1.165) is 11.5 Å². The van der Waals surface area contributed by atoms with Gasteiger partial charge in [-0.25, -0.2) is 0 Å². The molecule has 0 unspecified atom stereocenters. The van der Waals surface area contributed by atoms with Crippen molar-refractivity contribution in [3.8, 4) is 11.5 Å². The molecule has 1 aliphatic heterocycles. The minimum Gasteiger partial charge on any atom is -0.497 e. The number of methoxy groups -OCH3 is 2. The maximum atomic E-state index is 5.39. The van der Waals surface area contributed by atoms with Crippen LogP contribution in [0.1, 0.15) is 29.6 Å². The largest absolute Gasteiger partial charge is 0.497 e. The van der Waals surface area contributed by atoms with Crippen molar-refractivity contribution in [2.24, 2.45) is 0 Å². The van der Waals surface area contributed by atoms with E-state index in [1.165, 1.54) is 22.6 Å². The third kappa shape index (κ3) is 3.51. The number of hydrogen-bond donors (Lipinski definition) is 0. The monoisotopic (exact) mass is 286 g/mol. The maximum Gasteiger partial charge on any atom is 0.125 e. The average molecular weight is 286 g/mol. The first kappa shape index (κ1) is 15.6. The third-order valence-electron chi connectivity index (χ3n) is 2.71. The molecule has 0 radical (unpaired) electrons. The van der Waals surface area contributed by atoms with Gasteiger partial charge in [0.05, 0.1) is 18.8 Å². The van der Waals surface area contributed by atoms with Gasteiger partial charge in [0.25, 0.3) is 0 Å². The Morgan fingerprint density at radius 3 is 2.17 bits per heavy atom. The predicted molar refractivity (Wildman–Crippen MR) is 83.3 cm³/mol. The Morgan fingerprint density at radius 1 is 1.06 bits per heavy atom. The van der Waals surface area contributed by atoms with Crippen LogP contribution in [0.15, 0.2) is 12.1 Å². The lowest BCUT2D eigenvalue weighted by Gasteiger charge is -2.16. The van der Waals surface area contributed by atoms with Crippen LogP contribution in [0.3, 0.4) is 0 Å². The molecule has 0 atom stereocenters. The third-order valence-corrected chi connectivity index (χ3v) is 5.77. The van der Waals surface area contributed by atoms with Crippen LogP contribution in [-0.2, 0) is 0 Å². The molecule has 0 bridgehead atoms. The van der Waals surface area contributed by atoms with Crippen LogP contribution in [0, 0.1) is 6.92 Å². The molecule has 2 rings (SSSR count). The Kier molecular flexibility index (Phi) is 6.79. The van der Waals surface area contributed by atoms with E-state index in [0.29, 0.717) is 4.58 Å². The second-order valence-corrected chi connectivity index (χ2v) is 6.34. The Hall–Kier alpha value is -0.480. The summed E-state index contributed by atoms with van der Waals surface area (Å²) in [6, 6.07) is 4.08. The van der Waals surface area contributed by atoms with Crippen molar-refractivity contribution < 1.29 is 9.47 Å². The fourth-order valence-electron chi connectivity index (χ4n) is 1.80. The lowest BCUT2D eigenvalue weighted by Crippen LogP contribution is -1.97. The SMILES string of the molecule is CC.COc1cc(OC)c(C)c(C2SCCS2)c1. The van der Waals surface area contributed by atoms with Gasteiger partial charge in [-0.3, -0.25) is 0 Å². The van der Waals surface area contributed by atoms with Crippen molar-refractivity contribution in [1.29, 1.82) is 0 Å². The second-order valence-electron chi connectivity index (χ2n) is 3.62. The lowest BCUT2D eigenvalue weighted by atomic mass is 10.1.